The minimum Gasteiger partial charge on any atom is -0.457 e. The van der Waals surface area contributed by atoms with Gasteiger partial charge in [0, 0.05) is 13.0 Å². The molecule has 1 aliphatic heterocycles. The summed E-state index contributed by atoms with van der Waals surface area (Å²) < 4.78 is 58.9. The van der Waals surface area contributed by atoms with Crippen molar-refractivity contribution in [3.63, 3.8) is 0 Å². The van der Waals surface area contributed by atoms with E-state index in [4.69, 9.17) is 23.5 Å². The van der Waals surface area contributed by atoms with Gasteiger partial charge >= 0.3 is 16.4 Å². The summed E-state index contributed by atoms with van der Waals surface area (Å²) in [5.74, 6) is -0.418. The molecule has 0 aromatic rings. The molecular weight excluding hydrogens is 741 g/mol. The lowest BCUT2D eigenvalue weighted by molar-refractivity contribution is -0.301. The van der Waals surface area contributed by atoms with Crippen molar-refractivity contribution in [2.75, 3.05) is 26.4 Å². The van der Waals surface area contributed by atoms with Crippen molar-refractivity contribution in [1.82, 2.24) is 0 Å². The van der Waals surface area contributed by atoms with Gasteiger partial charge in [0.25, 0.3) is 0 Å². The summed E-state index contributed by atoms with van der Waals surface area (Å²) in [7, 11) is -5.06. The van der Waals surface area contributed by atoms with Gasteiger partial charge in [0.15, 0.2) is 6.29 Å². The van der Waals surface area contributed by atoms with Crippen LogP contribution in [0.15, 0.2) is 48.6 Å². The molecule has 0 bridgehead atoms. The molecule has 4 N–H and O–H groups in total. The van der Waals surface area contributed by atoms with E-state index in [0.717, 1.165) is 89.9 Å². The normalized spacial score (nSPS) is 21.3. The van der Waals surface area contributed by atoms with E-state index in [9.17, 15) is 28.5 Å². The molecule has 1 fully saturated rings. The third-order valence-electron chi connectivity index (χ3n) is 9.43. The first kappa shape index (κ1) is 52.1. The molecule has 56 heavy (non-hydrogen) atoms. The first-order valence-corrected chi connectivity index (χ1v) is 22.8. The molecule has 0 aromatic carbocycles. The van der Waals surface area contributed by atoms with Crippen LogP contribution in [0.1, 0.15) is 155 Å². The number of rotatable bonds is 36. The highest BCUT2D eigenvalue weighted by molar-refractivity contribution is 7.80. The Morgan fingerprint density at radius 2 is 1.23 bits per heavy atom. The Kier molecular flexibility index (Phi) is 32.6. The summed E-state index contributed by atoms with van der Waals surface area (Å²) in [6, 6.07) is 0. The topological polar surface area (TPSA) is 178 Å². The molecule has 1 saturated heterocycles. The van der Waals surface area contributed by atoms with Crippen LogP contribution in [0.25, 0.3) is 0 Å². The number of carbonyl (C=O) groups excluding carboxylic acids is 1. The molecule has 326 valence electrons. The molecule has 0 aromatic heterocycles. The fraction of sp³-hybridized carbons (Fsp3) is 0.791. The fourth-order valence-corrected chi connectivity index (χ4v) is 6.72. The van der Waals surface area contributed by atoms with Crippen LogP contribution in [0.4, 0.5) is 0 Å². The second kappa shape index (κ2) is 35.0. The van der Waals surface area contributed by atoms with Crippen molar-refractivity contribution in [2.45, 2.75) is 192 Å². The Balaban J connectivity index is 2.49. The highest BCUT2D eigenvalue weighted by Gasteiger charge is 2.48. The van der Waals surface area contributed by atoms with Crippen LogP contribution in [0, 0.1) is 0 Å². The summed E-state index contributed by atoms with van der Waals surface area (Å²) >= 11 is 0. The predicted molar refractivity (Wildman–Crippen MR) is 220 cm³/mol. The number of allylic oxidation sites excluding steroid dienone is 8. The van der Waals surface area contributed by atoms with E-state index >= 15 is 0 Å². The van der Waals surface area contributed by atoms with Crippen molar-refractivity contribution >= 4 is 16.4 Å². The molecule has 0 radical (unpaired) electrons. The maximum atomic E-state index is 12.8. The zero-order valence-corrected chi connectivity index (χ0v) is 35.2. The van der Waals surface area contributed by atoms with Gasteiger partial charge in [0.2, 0.25) is 0 Å². The van der Waals surface area contributed by atoms with Crippen molar-refractivity contribution in [2.24, 2.45) is 0 Å². The molecule has 1 aliphatic rings. The largest absolute Gasteiger partial charge is 0.457 e. The lowest BCUT2D eigenvalue weighted by Crippen LogP contribution is -2.60. The summed E-state index contributed by atoms with van der Waals surface area (Å²) in [5.41, 5.74) is 0. The number of ether oxygens (including phenoxy) is 4. The lowest BCUT2D eigenvalue weighted by atomic mass is 9.99. The molecular formula is C43H76O12S. The van der Waals surface area contributed by atoms with E-state index < -0.39 is 59.8 Å². The average Bonchev–Trinajstić information content (AvgIpc) is 3.17. The van der Waals surface area contributed by atoms with Crippen molar-refractivity contribution in [1.29, 1.82) is 0 Å². The summed E-state index contributed by atoms with van der Waals surface area (Å²) in [6.45, 7) is 3.79. The van der Waals surface area contributed by atoms with E-state index in [0.29, 0.717) is 13.0 Å². The van der Waals surface area contributed by atoms with E-state index in [-0.39, 0.29) is 19.6 Å². The Morgan fingerprint density at radius 1 is 0.696 bits per heavy atom. The molecule has 12 nitrogen and oxygen atoms in total. The fourth-order valence-electron chi connectivity index (χ4n) is 6.21. The van der Waals surface area contributed by atoms with Gasteiger partial charge in [-0.05, 0) is 70.6 Å². The SMILES string of the molecule is CC/C=C\C/C=C\C/C=C\CCCCCCOCC(COC1OC(CO)C(O)C(OS(=O)(=O)O)C1O)OC(=O)CCCCCCC/C=C\CCCCCCCC. The monoisotopic (exact) mass is 817 g/mol. The zero-order chi connectivity index (χ0) is 41.1. The number of esters is 1. The average molecular weight is 817 g/mol. The number of carbonyl (C=O) groups is 1. The quantitative estimate of drug-likeness (QED) is 0.0206. The van der Waals surface area contributed by atoms with Gasteiger partial charge in [-0.3, -0.25) is 9.35 Å². The molecule has 0 aliphatic carbocycles. The minimum absolute atomic E-state index is 0.0163. The molecule has 0 spiro atoms. The number of aliphatic hydroxyl groups is 3. The van der Waals surface area contributed by atoms with Crippen molar-refractivity contribution in [3.8, 4) is 0 Å². The zero-order valence-electron chi connectivity index (χ0n) is 34.4. The highest BCUT2D eigenvalue weighted by Crippen LogP contribution is 2.26. The van der Waals surface area contributed by atoms with E-state index in [1.54, 1.807) is 0 Å². The minimum atomic E-state index is -5.06. The summed E-state index contributed by atoms with van der Waals surface area (Å²) in [6.07, 6.45) is 31.5. The van der Waals surface area contributed by atoms with E-state index in [1.807, 2.05) is 0 Å². The summed E-state index contributed by atoms with van der Waals surface area (Å²) in [5, 5.41) is 30.6. The van der Waals surface area contributed by atoms with Crippen molar-refractivity contribution in [3.05, 3.63) is 48.6 Å². The van der Waals surface area contributed by atoms with Crippen LogP contribution in [-0.2, 0) is 38.3 Å². The van der Waals surface area contributed by atoms with Gasteiger partial charge in [-0.15, -0.1) is 0 Å². The van der Waals surface area contributed by atoms with E-state index in [1.165, 1.54) is 38.5 Å². The smallest absolute Gasteiger partial charge is 0.397 e. The third kappa shape index (κ3) is 28.5. The third-order valence-corrected chi connectivity index (χ3v) is 9.90. The Hall–Kier alpha value is -1.94. The molecule has 0 amide bonds. The van der Waals surface area contributed by atoms with Gasteiger partial charge in [-0.2, -0.15) is 8.42 Å². The van der Waals surface area contributed by atoms with Crippen LogP contribution >= 0.6 is 0 Å². The van der Waals surface area contributed by atoms with E-state index in [2.05, 4.69) is 66.6 Å². The second-order valence-corrected chi connectivity index (χ2v) is 15.6. The molecule has 1 rings (SSSR count). The Bertz CT molecular complexity index is 1170. The highest BCUT2D eigenvalue weighted by atomic mass is 32.3. The number of hydrogen-bond donors (Lipinski definition) is 4. The van der Waals surface area contributed by atoms with Gasteiger partial charge in [0.1, 0.15) is 30.5 Å². The summed E-state index contributed by atoms with van der Waals surface area (Å²) in [4.78, 5) is 12.8. The molecule has 13 heteroatoms. The first-order valence-electron chi connectivity index (χ1n) is 21.4. The van der Waals surface area contributed by atoms with Gasteiger partial charge in [-0.1, -0.05) is 127 Å². The van der Waals surface area contributed by atoms with Crippen LogP contribution in [0.5, 0.6) is 0 Å². The first-order chi connectivity index (χ1) is 27.1. The van der Waals surface area contributed by atoms with Crippen LogP contribution < -0.4 is 0 Å². The van der Waals surface area contributed by atoms with Crippen LogP contribution in [0.3, 0.4) is 0 Å². The van der Waals surface area contributed by atoms with Gasteiger partial charge < -0.3 is 34.3 Å². The number of hydrogen-bond acceptors (Lipinski definition) is 11. The van der Waals surface area contributed by atoms with Gasteiger partial charge in [-0.25, -0.2) is 4.18 Å². The molecule has 0 saturated carbocycles. The standard InChI is InChI=1S/C43H76O12S/c1-3-5-7-9-11-13-15-17-19-20-22-24-26-28-30-32-39(45)53-37(35-51-33-31-29-27-25-23-21-18-16-14-12-10-8-6-4-2)36-52-43-41(47)42(55-56(48,49)50)40(46)38(34-44)54-43/h6,8,12,14,17-19,21,37-38,40-44,46-47H,3-5,7,9-11,13,15-16,20,22-36H2,1-2H3,(H,48,49,50)/b8-6-,14-12-,19-17-,21-18-. The second-order valence-electron chi connectivity index (χ2n) is 14.5. The molecule has 6 unspecified atom stereocenters. The van der Waals surface area contributed by atoms with Crippen LogP contribution in [0.2, 0.25) is 0 Å². The lowest BCUT2D eigenvalue weighted by Gasteiger charge is -2.41. The number of aliphatic hydroxyl groups excluding tert-OH is 3. The predicted octanol–water partition coefficient (Wildman–Crippen LogP) is 8.41. The molecule has 6 atom stereocenters. The Labute approximate surface area is 338 Å². The van der Waals surface area contributed by atoms with Crippen molar-refractivity contribution < 1.29 is 56.2 Å². The number of unbranched alkanes of at least 4 members (excludes halogenated alkanes) is 15. The maximum Gasteiger partial charge on any atom is 0.397 e. The van der Waals surface area contributed by atoms with Gasteiger partial charge in [0.05, 0.1) is 19.8 Å². The molecule has 1 heterocycles. The maximum absolute atomic E-state index is 12.8. The Morgan fingerprint density at radius 3 is 1.82 bits per heavy atom. The van der Waals surface area contributed by atoms with Crippen LogP contribution in [-0.4, -0.2) is 97.5 Å².